The maximum atomic E-state index is 3.46. The molecule has 0 aromatic heterocycles. The third kappa shape index (κ3) is 5.68. The van der Waals surface area contributed by atoms with Gasteiger partial charge in [0.2, 0.25) is 0 Å². The molecule has 0 N–H and O–H groups in total. The molecule has 0 unspecified atom stereocenters. The molecule has 2 rings (SSSR count). The van der Waals surface area contributed by atoms with Gasteiger partial charge < -0.3 is 2.85 Å². The van der Waals surface area contributed by atoms with Crippen molar-refractivity contribution in [1.29, 1.82) is 0 Å². The molecule has 0 atom stereocenters. The molecule has 0 aliphatic rings. The van der Waals surface area contributed by atoms with Crippen molar-refractivity contribution >= 4 is 39.0 Å². The van der Waals surface area contributed by atoms with Crippen molar-refractivity contribution in [3.05, 3.63) is 69.7 Å². The molecule has 0 spiro atoms. The van der Waals surface area contributed by atoms with Crippen LogP contribution in [-0.4, -0.2) is 23.1 Å². The van der Waals surface area contributed by atoms with E-state index in [1.807, 2.05) is 0 Å². The normalized spacial score (nSPS) is 10.0. The Hall–Kier alpha value is -0.314. The Morgan fingerprint density at radius 2 is 1.11 bits per heavy atom. The predicted molar refractivity (Wildman–Crippen MR) is 90.0 cm³/mol. The second-order valence-electron chi connectivity index (χ2n) is 4.69. The first-order chi connectivity index (χ1) is 8.78. The van der Waals surface area contributed by atoms with Crippen molar-refractivity contribution in [3.8, 4) is 0 Å². The summed E-state index contributed by atoms with van der Waals surface area (Å²) in [5, 5.41) is 0. The van der Waals surface area contributed by atoms with E-state index in [9.17, 15) is 0 Å². The van der Waals surface area contributed by atoms with Crippen LogP contribution in [0.25, 0.3) is 0 Å². The van der Waals surface area contributed by atoms with Crippen LogP contribution in [0.1, 0.15) is 32.9 Å². The van der Waals surface area contributed by atoms with Gasteiger partial charge in [0.05, 0.1) is 0 Å². The molecular formula is C17H21BrMg. The molecule has 98 valence electrons. The van der Waals surface area contributed by atoms with Crippen molar-refractivity contribution < 1.29 is 2.85 Å². The van der Waals surface area contributed by atoms with Gasteiger partial charge in [0.15, 0.2) is 0 Å². The van der Waals surface area contributed by atoms with Crippen LogP contribution in [0.15, 0.2) is 53.0 Å². The second kappa shape index (κ2) is 8.78. The molecule has 0 amide bonds. The summed E-state index contributed by atoms with van der Waals surface area (Å²) < 4.78 is 1.15. The summed E-state index contributed by atoms with van der Waals surface area (Å²) in [5.74, 6) is 0. The minimum absolute atomic E-state index is 0. The van der Waals surface area contributed by atoms with Crippen molar-refractivity contribution in [2.45, 2.75) is 32.6 Å². The Bertz CT molecular complexity index is 483. The molecule has 0 radical (unpaired) electrons. The van der Waals surface area contributed by atoms with Crippen LogP contribution in [0.5, 0.6) is 0 Å². The Labute approximate surface area is 143 Å². The van der Waals surface area contributed by atoms with E-state index in [0.29, 0.717) is 0 Å². The molecule has 0 fully saturated rings. The Kier molecular flexibility index (Phi) is 7.73. The third-order valence-corrected chi connectivity index (χ3v) is 3.71. The molecular weight excluding hydrogens is 308 g/mol. The summed E-state index contributed by atoms with van der Waals surface area (Å²) in [6.07, 6.45) is 4.64. The van der Waals surface area contributed by atoms with Crippen LogP contribution >= 0.6 is 15.9 Å². The van der Waals surface area contributed by atoms with E-state index in [1.165, 1.54) is 29.5 Å². The first-order valence-electron chi connectivity index (χ1n) is 6.60. The number of aryl methyl sites for hydroxylation is 3. The Morgan fingerprint density at radius 3 is 1.53 bits per heavy atom. The predicted octanol–water partition coefficient (Wildman–Crippen LogP) is 5.03. The van der Waals surface area contributed by atoms with Gasteiger partial charge in [-0.25, -0.2) is 0 Å². The summed E-state index contributed by atoms with van der Waals surface area (Å²) in [5.41, 5.74) is 4.28. The number of rotatable bonds is 5. The van der Waals surface area contributed by atoms with Gasteiger partial charge >= 0.3 is 23.1 Å². The van der Waals surface area contributed by atoms with Gasteiger partial charge in [-0.3, -0.25) is 0 Å². The number of hydrogen-bond donors (Lipinski definition) is 0. The minimum Gasteiger partial charge on any atom is -1.00 e. The fraction of sp³-hybridized carbons (Fsp3) is 0.294. The molecule has 0 aliphatic heterocycles. The largest absolute Gasteiger partial charge is 2.00 e. The van der Waals surface area contributed by atoms with Crippen molar-refractivity contribution in [3.63, 3.8) is 0 Å². The molecule has 0 nitrogen and oxygen atoms in total. The van der Waals surface area contributed by atoms with Gasteiger partial charge in [-0.1, -0.05) is 65.7 Å². The maximum Gasteiger partial charge on any atom is 2.00 e. The zero-order valence-electron chi connectivity index (χ0n) is 13.5. The number of benzene rings is 2. The summed E-state index contributed by atoms with van der Waals surface area (Å²) in [4.78, 5) is 0. The van der Waals surface area contributed by atoms with Crippen LogP contribution < -0.4 is 0 Å². The first-order valence-corrected chi connectivity index (χ1v) is 7.39. The summed E-state index contributed by atoms with van der Waals surface area (Å²) in [6, 6.07) is 17.7. The van der Waals surface area contributed by atoms with Gasteiger partial charge in [-0.05, 0) is 48.1 Å². The average molecular weight is 330 g/mol. The Balaban J connectivity index is 0. The van der Waals surface area contributed by atoms with Gasteiger partial charge in [0.1, 0.15) is 0 Å². The molecule has 0 saturated heterocycles. The number of halogens is 1. The maximum absolute atomic E-state index is 3.46. The summed E-state index contributed by atoms with van der Waals surface area (Å²) >= 11 is 3.46. The third-order valence-electron chi connectivity index (χ3n) is 3.18. The second-order valence-corrected chi connectivity index (χ2v) is 5.61. The zero-order chi connectivity index (χ0) is 12.8. The topological polar surface area (TPSA) is 0 Å². The summed E-state index contributed by atoms with van der Waals surface area (Å²) in [6.45, 7) is 2.22. The van der Waals surface area contributed by atoms with Crippen LogP contribution in [0.3, 0.4) is 0 Å². The van der Waals surface area contributed by atoms with E-state index in [-0.39, 0.29) is 25.9 Å². The van der Waals surface area contributed by atoms with Crippen LogP contribution in [-0.2, 0) is 19.3 Å². The van der Waals surface area contributed by atoms with Crippen molar-refractivity contribution in [2.75, 3.05) is 0 Å². The van der Waals surface area contributed by atoms with E-state index >= 15 is 0 Å². The Morgan fingerprint density at radius 1 is 0.737 bits per heavy atom. The van der Waals surface area contributed by atoms with E-state index in [0.717, 1.165) is 17.3 Å². The summed E-state index contributed by atoms with van der Waals surface area (Å²) in [7, 11) is 0. The molecule has 2 heteroatoms. The average Bonchev–Trinajstić information content (AvgIpc) is 2.40. The molecule has 2 aromatic rings. The van der Waals surface area contributed by atoms with Crippen LogP contribution in [0, 0.1) is 0 Å². The van der Waals surface area contributed by atoms with Crippen LogP contribution in [0.4, 0.5) is 0 Å². The molecule has 0 saturated carbocycles. The molecule has 19 heavy (non-hydrogen) atoms. The van der Waals surface area contributed by atoms with Gasteiger partial charge in [-0.15, -0.1) is 0 Å². The first kappa shape index (κ1) is 16.7. The fourth-order valence-corrected chi connectivity index (χ4v) is 2.37. The van der Waals surface area contributed by atoms with Crippen molar-refractivity contribution in [1.82, 2.24) is 0 Å². The van der Waals surface area contributed by atoms with Gasteiger partial charge in [0.25, 0.3) is 0 Å². The minimum atomic E-state index is 0. The smallest absolute Gasteiger partial charge is 1.00 e. The van der Waals surface area contributed by atoms with E-state index < -0.39 is 0 Å². The number of hydrogen-bond acceptors (Lipinski definition) is 0. The quantitative estimate of drug-likeness (QED) is 0.675. The molecule has 2 aromatic carbocycles. The molecule has 0 bridgehead atoms. The molecule has 0 heterocycles. The van der Waals surface area contributed by atoms with Crippen molar-refractivity contribution in [2.24, 2.45) is 0 Å². The zero-order valence-corrected chi connectivity index (χ0v) is 14.5. The van der Waals surface area contributed by atoms with Crippen LogP contribution in [0.2, 0.25) is 0 Å². The van der Waals surface area contributed by atoms with Gasteiger partial charge in [-0.2, -0.15) is 0 Å². The fourth-order valence-electron chi connectivity index (χ4n) is 2.10. The van der Waals surface area contributed by atoms with E-state index in [1.54, 1.807) is 0 Å². The SMILES string of the molecule is CCCc1ccc(CCc2ccc(Br)cc2)cc1.[H-].[H-].[Mg+2]. The molecule has 0 aliphatic carbocycles. The van der Waals surface area contributed by atoms with E-state index in [2.05, 4.69) is 71.4 Å². The standard InChI is InChI=1S/C17H19Br.Mg.2H/c1-2-3-14-4-6-15(7-5-14)8-9-16-10-12-17(18)13-11-16;;;/h4-7,10-13H,2-3,8-9H2,1H3;;;/q;+2;2*-1. The van der Waals surface area contributed by atoms with E-state index in [4.69, 9.17) is 0 Å². The monoisotopic (exact) mass is 328 g/mol. The van der Waals surface area contributed by atoms with Gasteiger partial charge in [0, 0.05) is 4.47 Å².